The van der Waals surface area contributed by atoms with E-state index in [0.717, 1.165) is 16.0 Å². The van der Waals surface area contributed by atoms with Crippen LogP contribution >= 0.6 is 0 Å². The highest BCUT2D eigenvalue weighted by atomic mass is 16.5. The molecule has 0 bridgehead atoms. The number of carboxylic acid groups (broad SMARTS) is 1. The van der Waals surface area contributed by atoms with Gasteiger partial charge in [-0.15, -0.1) is 0 Å². The van der Waals surface area contributed by atoms with Crippen LogP contribution in [-0.4, -0.2) is 41.6 Å². The van der Waals surface area contributed by atoms with Crippen LogP contribution in [0, 0.1) is 6.92 Å². The molecule has 1 saturated heterocycles. The van der Waals surface area contributed by atoms with E-state index in [2.05, 4.69) is 5.32 Å². The average Bonchev–Trinajstić information content (AvgIpc) is 2.95. The van der Waals surface area contributed by atoms with E-state index >= 15 is 0 Å². The number of nitrogens with one attached hydrogen (secondary N) is 1. The maximum absolute atomic E-state index is 12.6. The third kappa shape index (κ3) is 4.73. The number of ether oxygens (including phenoxy) is 2. The third-order valence-electron chi connectivity index (χ3n) is 4.27. The van der Waals surface area contributed by atoms with Crippen molar-refractivity contribution in [3.05, 3.63) is 64.9 Å². The molecule has 1 aliphatic heterocycles. The van der Waals surface area contributed by atoms with Gasteiger partial charge in [-0.05, 0) is 36.3 Å². The number of urea groups is 1. The first-order valence-corrected chi connectivity index (χ1v) is 8.80. The summed E-state index contributed by atoms with van der Waals surface area (Å²) in [4.78, 5) is 36.7. The van der Waals surface area contributed by atoms with Crippen LogP contribution in [0.4, 0.5) is 4.79 Å². The molecule has 0 atom stereocenters. The van der Waals surface area contributed by atoms with E-state index in [-0.39, 0.29) is 18.0 Å². The van der Waals surface area contributed by atoms with Gasteiger partial charge in [-0.1, -0.05) is 35.9 Å². The van der Waals surface area contributed by atoms with Crippen molar-refractivity contribution in [3.8, 4) is 11.5 Å². The molecule has 2 N–H and O–H groups in total. The van der Waals surface area contributed by atoms with Gasteiger partial charge in [-0.25, -0.2) is 9.59 Å². The molecule has 0 spiro atoms. The van der Waals surface area contributed by atoms with Gasteiger partial charge in [0.2, 0.25) is 0 Å². The van der Waals surface area contributed by atoms with Gasteiger partial charge in [0.05, 0.1) is 13.7 Å². The summed E-state index contributed by atoms with van der Waals surface area (Å²) in [6.45, 7) is 1.64. The molecule has 0 aliphatic carbocycles. The molecule has 8 heteroatoms. The van der Waals surface area contributed by atoms with Crippen LogP contribution in [0.5, 0.6) is 11.5 Å². The number of carboxylic acids is 1. The molecular formula is C21H20N2O6. The largest absolute Gasteiger partial charge is 0.493 e. The van der Waals surface area contributed by atoms with Crippen molar-refractivity contribution < 1.29 is 29.0 Å². The molecule has 2 aromatic carbocycles. The summed E-state index contributed by atoms with van der Waals surface area (Å²) >= 11 is 0. The maximum Gasteiger partial charge on any atom is 0.341 e. The van der Waals surface area contributed by atoms with Crippen molar-refractivity contribution in [2.75, 3.05) is 13.7 Å². The molecule has 3 rings (SSSR count). The van der Waals surface area contributed by atoms with Crippen LogP contribution in [0.2, 0.25) is 0 Å². The fraction of sp³-hybridized carbons (Fsp3) is 0.190. The molecule has 0 radical (unpaired) electrons. The molecule has 0 saturated carbocycles. The van der Waals surface area contributed by atoms with Crippen LogP contribution in [0.1, 0.15) is 16.7 Å². The number of methoxy groups -OCH3 is 1. The molecule has 1 heterocycles. The zero-order chi connectivity index (χ0) is 21.0. The zero-order valence-electron chi connectivity index (χ0n) is 16.0. The van der Waals surface area contributed by atoms with E-state index in [4.69, 9.17) is 14.6 Å². The van der Waals surface area contributed by atoms with E-state index in [1.54, 1.807) is 18.2 Å². The fourth-order valence-electron chi connectivity index (χ4n) is 2.79. The molecule has 3 amide bonds. The lowest BCUT2D eigenvalue weighted by Crippen LogP contribution is -2.30. The molecule has 2 aromatic rings. The number of benzene rings is 2. The number of hydrogen-bond donors (Lipinski definition) is 2. The first kappa shape index (κ1) is 19.9. The minimum absolute atomic E-state index is 0.142. The van der Waals surface area contributed by atoms with Gasteiger partial charge in [0.15, 0.2) is 18.1 Å². The Morgan fingerprint density at radius 2 is 1.86 bits per heavy atom. The van der Waals surface area contributed by atoms with Gasteiger partial charge in [-0.2, -0.15) is 0 Å². The maximum atomic E-state index is 12.6. The molecule has 0 unspecified atom stereocenters. The van der Waals surface area contributed by atoms with E-state index in [9.17, 15) is 14.4 Å². The Labute approximate surface area is 167 Å². The average molecular weight is 396 g/mol. The van der Waals surface area contributed by atoms with Gasteiger partial charge in [0.1, 0.15) is 5.70 Å². The number of rotatable bonds is 7. The van der Waals surface area contributed by atoms with Gasteiger partial charge < -0.3 is 19.9 Å². The number of amides is 3. The number of carbonyl (C=O) groups is 3. The molecule has 1 aliphatic rings. The Balaban J connectivity index is 1.78. The summed E-state index contributed by atoms with van der Waals surface area (Å²) in [6.07, 6.45) is 1.53. The molecule has 150 valence electrons. The lowest BCUT2D eigenvalue weighted by atomic mass is 10.1. The number of aryl methyl sites for hydroxylation is 1. The Morgan fingerprint density at radius 1 is 1.14 bits per heavy atom. The minimum atomic E-state index is -1.11. The summed E-state index contributed by atoms with van der Waals surface area (Å²) in [7, 11) is 1.42. The normalized spacial score (nSPS) is 14.8. The third-order valence-corrected chi connectivity index (χ3v) is 4.27. The second-order valence-electron chi connectivity index (χ2n) is 6.46. The molecular weight excluding hydrogens is 376 g/mol. The molecule has 8 nitrogen and oxygen atoms in total. The Bertz CT molecular complexity index is 981. The van der Waals surface area contributed by atoms with Crippen molar-refractivity contribution in [1.82, 2.24) is 10.2 Å². The molecule has 29 heavy (non-hydrogen) atoms. The summed E-state index contributed by atoms with van der Waals surface area (Å²) in [5.74, 6) is -0.958. The quantitative estimate of drug-likeness (QED) is 0.551. The zero-order valence-corrected chi connectivity index (χ0v) is 16.0. The smallest absolute Gasteiger partial charge is 0.341 e. The SMILES string of the molecule is COc1cc(/C=C2/NC(=O)N(Cc3ccc(C)cc3)C2=O)ccc1OCC(=O)O. The van der Waals surface area contributed by atoms with Gasteiger partial charge in [0, 0.05) is 0 Å². The number of imide groups is 1. The Morgan fingerprint density at radius 3 is 2.52 bits per heavy atom. The van der Waals surface area contributed by atoms with Crippen molar-refractivity contribution >= 4 is 24.0 Å². The minimum Gasteiger partial charge on any atom is -0.493 e. The van der Waals surface area contributed by atoms with Crippen LogP contribution in [0.3, 0.4) is 0 Å². The lowest BCUT2D eigenvalue weighted by molar-refractivity contribution is -0.139. The van der Waals surface area contributed by atoms with Gasteiger partial charge >= 0.3 is 12.0 Å². The van der Waals surface area contributed by atoms with Crippen molar-refractivity contribution in [3.63, 3.8) is 0 Å². The van der Waals surface area contributed by atoms with E-state index in [0.29, 0.717) is 11.3 Å². The predicted octanol–water partition coefficient (Wildman–Crippen LogP) is 2.56. The van der Waals surface area contributed by atoms with Crippen LogP contribution in [0.15, 0.2) is 48.2 Å². The lowest BCUT2D eigenvalue weighted by Gasteiger charge is -2.12. The summed E-state index contributed by atoms with van der Waals surface area (Å²) in [5.41, 5.74) is 2.67. The van der Waals surface area contributed by atoms with Gasteiger partial charge in [0.25, 0.3) is 5.91 Å². The monoisotopic (exact) mass is 396 g/mol. The first-order valence-electron chi connectivity index (χ1n) is 8.80. The highest BCUT2D eigenvalue weighted by molar-refractivity contribution is 6.13. The summed E-state index contributed by atoms with van der Waals surface area (Å²) in [5, 5.41) is 11.3. The predicted molar refractivity (Wildman–Crippen MR) is 104 cm³/mol. The van der Waals surface area contributed by atoms with E-state index in [1.807, 2.05) is 31.2 Å². The Hall–Kier alpha value is -3.81. The topological polar surface area (TPSA) is 105 Å². The second kappa shape index (κ2) is 8.47. The highest BCUT2D eigenvalue weighted by Gasteiger charge is 2.33. The van der Waals surface area contributed by atoms with Crippen molar-refractivity contribution in [2.24, 2.45) is 0 Å². The molecule has 0 aromatic heterocycles. The summed E-state index contributed by atoms with van der Waals surface area (Å²) < 4.78 is 10.4. The molecule has 1 fully saturated rings. The summed E-state index contributed by atoms with van der Waals surface area (Å²) in [6, 6.07) is 11.9. The van der Waals surface area contributed by atoms with Crippen molar-refractivity contribution in [2.45, 2.75) is 13.5 Å². The highest BCUT2D eigenvalue weighted by Crippen LogP contribution is 2.29. The standard InChI is InChI=1S/C21H20N2O6/c1-13-3-5-14(6-4-13)11-23-20(26)16(22-21(23)27)9-15-7-8-17(18(10-15)28-2)29-12-19(24)25/h3-10H,11-12H2,1-2H3,(H,22,27)(H,24,25)/b16-9+. The fourth-order valence-corrected chi connectivity index (χ4v) is 2.79. The number of hydrogen-bond acceptors (Lipinski definition) is 5. The number of nitrogens with zero attached hydrogens (tertiary/aromatic N) is 1. The first-order chi connectivity index (χ1) is 13.9. The van der Waals surface area contributed by atoms with Gasteiger partial charge in [-0.3, -0.25) is 9.69 Å². The Kier molecular flexibility index (Phi) is 5.82. The van der Waals surface area contributed by atoms with Crippen LogP contribution in [0.25, 0.3) is 6.08 Å². The van der Waals surface area contributed by atoms with Crippen molar-refractivity contribution in [1.29, 1.82) is 0 Å². The van der Waals surface area contributed by atoms with E-state index in [1.165, 1.54) is 13.2 Å². The van der Waals surface area contributed by atoms with Crippen LogP contribution in [-0.2, 0) is 16.1 Å². The second-order valence-corrected chi connectivity index (χ2v) is 6.46. The number of aliphatic carboxylic acids is 1. The van der Waals surface area contributed by atoms with Crippen LogP contribution < -0.4 is 14.8 Å². The number of carbonyl (C=O) groups excluding carboxylic acids is 2. The van der Waals surface area contributed by atoms with E-state index < -0.39 is 24.5 Å².